The molecule has 6 heterocycles. The van der Waals surface area contributed by atoms with Gasteiger partial charge in [-0.15, -0.1) is 0 Å². The normalized spacial score (nSPS) is 14.0. The van der Waals surface area contributed by atoms with Crippen LogP contribution in [0, 0.1) is 0 Å². The molecule has 0 bridgehead atoms. The van der Waals surface area contributed by atoms with Crippen molar-refractivity contribution in [2.75, 3.05) is 43.1 Å². The van der Waals surface area contributed by atoms with Crippen LogP contribution in [0.5, 0.6) is 0 Å². The van der Waals surface area contributed by atoms with Crippen molar-refractivity contribution in [1.82, 2.24) is 29.2 Å². The van der Waals surface area contributed by atoms with Gasteiger partial charge in [-0.25, -0.2) is 28.6 Å². The van der Waals surface area contributed by atoms with Crippen LogP contribution in [0.1, 0.15) is 59.2 Å². The largest absolute Gasteiger partial charge is 0.478 e. The molecule has 2 saturated heterocycles. The molecule has 0 aliphatic carbocycles. The van der Waals surface area contributed by atoms with Gasteiger partial charge in [0.15, 0.2) is 11.3 Å². The molecule has 342 valence electrons. The molecule has 12 nitrogen and oxygen atoms in total. The van der Waals surface area contributed by atoms with Crippen LogP contribution in [0.25, 0.3) is 77.3 Å². The molecule has 0 saturated carbocycles. The minimum atomic E-state index is -0.934. The second-order valence-corrected chi connectivity index (χ2v) is 17.7. The SMILES string of the molecule is COC(=O)c1cccc2c(-c3cnn4cc(-c5ccc(N6CCCCC6)cc5)cnc34)cccc12.O=C(O)c1cccc2c(-c3cnn4cc(-c5ccc(N6CCCCC6)cc5)cnc34)cccc12. The first-order chi connectivity index (χ1) is 33.9. The van der Waals surface area contributed by atoms with Crippen LogP contribution in [0.2, 0.25) is 0 Å². The summed E-state index contributed by atoms with van der Waals surface area (Å²) in [7, 11) is 1.40. The molecule has 0 unspecified atom stereocenters. The van der Waals surface area contributed by atoms with Crippen LogP contribution in [0.15, 0.2) is 159 Å². The van der Waals surface area contributed by atoms with Gasteiger partial charge < -0.3 is 19.6 Å². The summed E-state index contributed by atoms with van der Waals surface area (Å²) in [6, 6.07) is 40.1. The number of anilines is 2. The molecule has 2 fully saturated rings. The molecule has 4 aromatic heterocycles. The van der Waals surface area contributed by atoms with Crippen molar-refractivity contribution in [3.8, 4) is 44.5 Å². The van der Waals surface area contributed by atoms with Gasteiger partial charge in [-0.2, -0.15) is 10.2 Å². The molecule has 0 radical (unpaired) electrons. The number of aromatic carboxylic acids is 1. The van der Waals surface area contributed by atoms with Gasteiger partial charge in [0.1, 0.15) is 0 Å². The van der Waals surface area contributed by atoms with Crippen molar-refractivity contribution < 1.29 is 19.4 Å². The monoisotopic (exact) mass is 910 g/mol. The van der Waals surface area contributed by atoms with Crippen LogP contribution in [0.4, 0.5) is 11.4 Å². The Morgan fingerprint density at radius 2 is 0.884 bits per heavy atom. The Morgan fingerprint density at radius 3 is 1.33 bits per heavy atom. The minimum Gasteiger partial charge on any atom is -0.478 e. The number of aromatic nitrogens is 6. The van der Waals surface area contributed by atoms with Gasteiger partial charge in [0.2, 0.25) is 0 Å². The average Bonchev–Trinajstić information content (AvgIpc) is 4.05. The third kappa shape index (κ3) is 8.39. The number of hydrogen-bond donors (Lipinski definition) is 1. The second-order valence-electron chi connectivity index (χ2n) is 17.7. The molecular formula is C57H50N8O4. The summed E-state index contributed by atoms with van der Waals surface area (Å²) in [5.41, 5.74) is 12.8. The molecule has 12 heteroatoms. The standard InChI is InChI=1S/C29H26N4O2.C28H24N4O2/c1-35-29(34)26-10-6-7-23-24(26)8-5-9-25(23)27-18-31-33-19-21(17-30-28(27)33)20-11-13-22(14-12-20)32-15-3-2-4-16-32;33-28(34)25-9-5-6-22-23(25)7-4-8-24(22)26-17-30-32-18-20(16-29-27(26)32)19-10-12-21(13-11-19)31-14-2-1-3-15-31/h5-14,17-19H,2-4,15-16H2,1H3;4-13,16-18H,1-3,14-15H2,(H,33,34). The zero-order valence-electron chi connectivity index (χ0n) is 38.3. The van der Waals surface area contributed by atoms with E-state index in [-0.39, 0.29) is 5.97 Å². The van der Waals surface area contributed by atoms with Gasteiger partial charge >= 0.3 is 11.9 Å². The number of fused-ring (bicyclic) bond motifs is 4. The Bertz CT molecular complexity index is 3520. The lowest BCUT2D eigenvalue weighted by atomic mass is 9.97. The number of methoxy groups -OCH3 is 1. The lowest BCUT2D eigenvalue weighted by Gasteiger charge is -2.28. The van der Waals surface area contributed by atoms with Crippen LogP contribution in [0.3, 0.4) is 0 Å². The minimum absolute atomic E-state index is 0.291. The third-order valence-electron chi connectivity index (χ3n) is 13.6. The van der Waals surface area contributed by atoms with Crippen molar-refractivity contribution in [3.05, 3.63) is 170 Å². The fraction of sp³-hybridized carbons (Fsp3) is 0.193. The number of rotatable bonds is 8. The summed E-state index contributed by atoms with van der Waals surface area (Å²) in [4.78, 5) is 38.4. The maximum absolute atomic E-state index is 12.3. The molecule has 2 aliphatic heterocycles. The summed E-state index contributed by atoms with van der Waals surface area (Å²) in [6.45, 7) is 4.53. The second kappa shape index (κ2) is 18.7. The quantitative estimate of drug-likeness (QED) is 0.147. The van der Waals surface area contributed by atoms with Crippen molar-refractivity contribution in [2.45, 2.75) is 38.5 Å². The zero-order valence-corrected chi connectivity index (χ0v) is 38.3. The molecule has 0 amide bonds. The Balaban J connectivity index is 0.000000151. The maximum Gasteiger partial charge on any atom is 0.338 e. The van der Waals surface area contributed by atoms with E-state index < -0.39 is 5.97 Å². The predicted octanol–water partition coefficient (Wildman–Crippen LogP) is 11.9. The van der Waals surface area contributed by atoms with Gasteiger partial charge in [-0.05, 0) is 119 Å². The number of hydrogen-bond acceptors (Lipinski definition) is 9. The van der Waals surface area contributed by atoms with Gasteiger partial charge in [0.05, 0.1) is 30.6 Å². The third-order valence-corrected chi connectivity index (χ3v) is 13.6. The van der Waals surface area contributed by atoms with Crippen LogP contribution >= 0.6 is 0 Å². The van der Waals surface area contributed by atoms with E-state index >= 15 is 0 Å². The number of carbonyl (C=O) groups is 2. The zero-order chi connectivity index (χ0) is 46.8. The smallest absolute Gasteiger partial charge is 0.338 e. The topological polar surface area (TPSA) is 130 Å². The Morgan fingerprint density at radius 1 is 0.464 bits per heavy atom. The highest BCUT2D eigenvalue weighted by molar-refractivity contribution is 6.10. The number of esters is 1. The summed E-state index contributed by atoms with van der Waals surface area (Å²) >= 11 is 0. The van der Waals surface area contributed by atoms with Gasteiger partial charge in [0, 0.05) is 84.6 Å². The highest BCUT2D eigenvalue weighted by atomic mass is 16.5. The number of carboxylic acids is 1. The fourth-order valence-corrected chi connectivity index (χ4v) is 10.0. The lowest BCUT2D eigenvalue weighted by Crippen LogP contribution is -2.29. The summed E-state index contributed by atoms with van der Waals surface area (Å²) in [6.07, 6.45) is 19.2. The molecule has 10 aromatic rings. The van der Waals surface area contributed by atoms with Crippen LogP contribution in [-0.4, -0.2) is 79.5 Å². The molecule has 6 aromatic carbocycles. The van der Waals surface area contributed by atoms with E-state index in [1.165, 1.54) is 57.0 Å². The lowest BCUT2D eigenvalue weighted by molar-refractivity contribution is 0.0602. The van der Waals surface area contributed by atoms with Crippen molar-refractivity contribution >= 4 is 56.2 Å². The highest BCUT2D eigenvalue weighted by Gasteiger charge is 2.19. The predicted molar refractivity (Wildman–Crippen MR) is 273 cm³/mol. The van der Waals surface area contributed by atoms with Crippen molar-refractivity contribution in [1.29, 1.82) is 0 Å². The van der Waals surface area contributed by atoms with E-state index in [0.29, 0.717) is 16.5 Å². The van der Waals surface area contributed by atoms with Crippen molar-refractivity contribution in [2.24, 2.45) is 0 Å². The van der Waals surface area contributed by atoms with Gasteiger partial charge in [0.25, 0.3) is 0 Å². The first kappa shape index (κ1) is 43.2. The molecule has 2 aliphatic rings. The van der Waals surface area contributed by atoms with Gasteiger partial charge in [-0.1, -0.05) is 84.9 Å². The van der Waals surface area contributed by atoms with E-state index in [1.807, 2.05) is 90.1 Å². The number of carboxylic acid groups (broad SMARTS) is 1. The maximum atomic E-state index is 12.3. The van der Waals surface area contributed by atoms with E-state index in [9.17, 15) is 14.7 Å². The number of carbonyl (C=O) groups excluding carboxylic acids is 1. The summed E-state index contributed by atoms with van der Waals surface area (Å²) in [5.74, 6) is -1.28. The van der Waals surface area contributed by atoms with Crippen molar-refractivity contribution in [3.63, 3.8) is 0 Å². The molecule has 1 N–H and O–H groups in total. The molecule has 0 spiro atoms. The first-order valence-corrected chi connectivity index (χ1v) is 23.7. The number of nitrogens with zero attached hydrogens (tertiary/aromatic N) is 8. The Hall–Kier alpha value is -8.38. The fourth-order valence-electron chi connectivity index (χ4n) is 10.0. The van der Waals surface area contributed by atoms with Gasteiger partial charge in [-0.3, -0.25) is 0 Å². The first-order valence-electron chi connectivity index (χ1n) is 23.7. The summed E-state index contributed by atoms with van der Waals surface area (Å²) in [5, 5.41) is 22.1. The highest BCUT2D eigenvalue weighted by Crippen LogP contribution is 2.36. The number of benzene rings is 6. The molecular weight excluding hydrogens is 861 g/mol. The van der Waals surface area contributed by atoms with Crippen LogP contribution in [-0.2, 0) is 4.74 Å². The number of piperidine rings is 2. The molecule has 0 atom stereocenters. The van der Waals surface area contributed by atoms with E-state index in [4.69, 9.17) is 14.7 Å². The molecule has 12 rings (SSSR count). The Kier molecular flexibility index (Phi) is 11.7. The Labute approximate surface area is 399 Å². The number of ether oxygens (including phenoxy) is 1. The van der Waals surface area contributed by atoms with E-state index in [1.54, 1.807) is 28.9 Å². The summed E-state index contributed by atoms with van der Waals surface area (Å²) < 4.78 is 8.59. The van der Waals surface area contributed by atoms with E-state index in [0.717, 1.165) is 98.1 Å². The van der Waals surface area contributed by atoms with E-state index in [2.05, 4.69) is 68.5 Å². The van der Waals surface area contributed by atoms with Crippen LogP contribution < -0.4 is 9.80 Å². The average molecular weight is 911 g/mol. The molecule has 69 heavy (non-hydrogen) atoms.